The van der Waals surface area contributed by atoms with Crippen molar-refractivity contribution < 1.29 is 23.8 Å². The lowest BCUT2D eigenvalue weighted by atomic mass is 10.0. The predicted octanol–water partition coefficient (Wildman–Crippen LogP) is 2.57. The van der Waals surface area contributed by atoms with Crippen molar-refractivity contribution in [3.8, 4) is 5.75 Å². The molecule has 0 radical (unpaired) electrons. The molecule has 1 amide bonds. The van der Waals surface area contributed by atoms with Crippen molar-refractivity contribution in [1.82, 2.24) is 4.90 Å². The van der Waals surface area contributed by atoms with Gasteiger partial charge >= 0.3 is 5.97 Å². The maximum Gasteiger partial charge on any atom is 0.329 e. The van der Waals surface area contributed by atoms with E-state index >= 15 is 0 Å². The number of aliphatic carboxylic acids is 1. The van der Waals surface area contributed by atoms with Crippen LogP contribution in [0.25, 0.3) is 0 Å². The van der Waals surface area contributed by atoms with E-state index in [4.69, 9.17) is 21.4 Å². The largest absolute Gasteiger partial charge is 0.480 e. The molecule has 116 valence electrons. The molecule has 21 heavy (non-hydrogen) atoms. The predicted molar refractivity (Wildman–Crippen MR) is 76.0 cm³/mol. The van der Waals surface area contributed by atoms with Gasteiger partial charge in [-0.05, 0) is 39.0 Å². The van der Waals surface area contributed by atoms with Gasteiger partial charge in [-0.1, -0.05) is 11.6 Å². The number of carboxylic acids is 1. The van der Waals surface area contributed by atoms with E-state index in [-0.39, 0.29) is 10.8 Å². The number of rotatable bonds is 5. The number of likely N-dealkylation sites (N-methyl/N-ethyl adjacent to an activating group) is 1. The van der Waals surface area contributed by atoms with E-state index in [1.54, 1.807) is 0 Å². The lowest BCUT2D eigenvalue weighted by molar-refractivity contribution is -0.157. The zero-order valence-corrected chi connectivity index (χ0v) is 12.9. The molecule has 0 saturated carbocycles. The summed E-state index contributed by atoms with van der Waals surface area (Å²) < 4.78 is 18.3. The third kappa shape index (κ3) is 3.85. The Labute approximate surface area is 127 Å². The summed E-state index contributed by atoms with van der Waals surface area (Å²) in [5.74, 6) is -2.02. The van der Waals surface area contributed by atoms with E-state index in [1.807, 2.05) is 0 Å². The van der Waals surface area contributed by atoms with E-state index < -0.39 is 29.3 Å². The smallest absolute Gasteiger partial charge is 0.329 e. The molecule has 7 heteroatoms. The van der Waals surface area contributed by atoms with Crippen LogP contribution in [0, 0.1) is 5.82 Å². The zero-order valence-electron chi connectivity index (χ0n) is 12.2. The molecule has 0 aliphatic heterocycles. The maximum absolute atomic E-state index is 12.9. The summed E-state index contributed by atoms with van der Waals surface area (Å²) >= 11 is 5.81. The fourth-order valence-electron chi connectivity index (χ4n) is 1.50. The van der Waals surface area contributed by atoms with Gasteiger partial charge in [-0.3, -0.25) is 4.79 Å². The number of hydrogen-bond donors (Lipinski definition) is 1. The normalized spacial score (nSPS) is 12.7. The second kappa shape index (κ2) is 6.30. The summed E-state index contributed by atoms with van der Waals surface area (Å²) in [6, 6.07) is 3.53. The van der Waals surface area contributed by atoms with Crippen LogP contribution in [0.5, 0.6) is 5.75 Å². The van der Waals surface area contributed by atoms with E-state index in [9.17, 15) is 14.0 Å². The monoisotopic (exact) mass is 317 g/mol. The second-order valence-electron chi connectivity index (χ2n) is 5.10. The Hall–Kier alpha value is -1.82. The Bertz CT molecular complexity index is 562. The lowest BCUT2D eigenvalue weighted by Gasteiger charge is -2.33. The maximum atomic E-state index is 12.9. The zero-order chi connectivity index (χ0) is 16.4. The van der Waals surface area contributed by atoms with Crippen LogP contribution in [0.2, 0.25) is 5.02 Å². The number of benzene rings is 1. The minimum absolute atomic E-state index is 0.0368. The van der Waals surface area contributed by atoms with Crippen LogP contribution >= 0.6 is 11.6 Å². The topological polar surface area (TPSA) is 66.8 Å². The molecule has 1 unspecified atom stereocenters. The summed E-state index contributed by atoms with van der Waals surface area (Å²) in [6.45, 7) is 4.28. The fourth-order valence-corrected chi connectivity index (χ4v) is 1.72. The van der Waals surface area contributed by atoms with Crippen LogP contribution in [0.4, 0.5) is 4.39 Å². The molecule has 0 spiro atoms. The summed E-state index contributed by atoms with van der Waals surface area (Å²) in [5.41, 5.74) is -1.37. The van der Waals surface area contributed by atoms with Gasteiger partial charge in [-0.25, -0.2) is 9.18 Å². The third-order valence-corrected chi connectivity index (χ3v) is 3.53. The van der Waals surface area contributed by atoms with Gasteiger partial charge in [0.15, 0.2) is 6.10 Å². The average molecular weight is 318 g/mol. The summed E-state index contributed by atoms with van der Waals surface area (Å²) in [5, 5.41) is 9.15. The molecule has 0 aromatic heterocycles. The summed E-state index contributed by atoms with van der Waals surface area (Å²) in [6.07, 6.45) is -0.961. The molecule has 0 aliphatic rings. The van der Waals surface area contributed by atoms with Gasteiger partial charge in [-0.2, -0.15) is 0 Å². The molecule has 0 bridgehead atoms. The van der Waals surface area contributed by atoms with Crippen LogP contribution in [0.15, 0.2) is 18.2 Å². The van der Waals surface area contributed by atoms with Crippen LogP contribution < -0.4 is 4.74 Å². The first-order valence-electron chi connectivity index (χ1n) is 6.20. The van der Waals surface area contributed by atoms with Crippen molar-refractivity contribution in [2.45, 2.75) is 32.4 Å². The van der Waals surface area contributed by atoms with E-state index in [0.29, 0.717) is 0 Å². The Balaban J connectivity index is 2.86. The number of ether oxygens (including phenoxy) is 1. The number of nitrogens with zero attached hydrogens (tertiary/aromatic N) is 1. The minimum Gasteiger partial charge on any atom is -0.480 e. The van der Waals surface area contributed by atoms with Crippen molar-refractivity contribution in [3.05, 3.63) is 29.0 Å². The number of hydrogen-bond acceptors (Lipinski definition) is 3. The molecule has 0 fully saturated rings. The number of carboxylic acid groups (broad SMARTS) is 1. The Kier molecular flexibility index (Phi) is 5.17. The molecule has 1 N–H and O–H groups in total. The quantitative estimate of drug-likeness (QED) is 0.906. The molecule has 1 aromatic rings. The van der Waals surface area contributed by atoms with Gasteiger partial charge in [0.05, 0.1) is 5.02 Å². The SMILES string of the molecule is CC(Oc1ccc(F)cc1Cl)C(=O)N(C)C(C)(C)C(=O)O. The van der Waals surface area contributed by atoms with E-state index in [0.717, 1.165) is 17.0 Å². The van der Waals surface area contributed by atoms with Crippen molar-refractivity contribution in [3.63, 3.8) is 0 Å². The molecule has 1 aromatic carbocycles. The van der Waals surface area contributed by atoms with Crippen molar-refractivity contribution in [2.75, 3.05) is 7.05 Å². The van der Waals surface area contributed by atoms with Gasteiger partial charge < -0.3 is 14.7 Å². The minimum atomic E-state index is -1.37. The highest BCUT2D eigenvalue weighted by Gasteiger charge is 2.37. The second-order valence-corrected chi connectivity index (χ2v) is 5.50. The standard InChI is InChI=1S/C14H17ClFNO4/c1-8(12(18)17(4)14(2,3)13(19)20)21-11-6-5-9(16)7-10(11)15/h5-8H,1-4H3,(H,19,20). The molecule has 0 heterocycles. The van der Waals surface area contributed by atoms with Crippen molar-refractivity contribution in [1.29, 1.82) is 0 Å². The number of halogens is 2. The molecule has 1 rings (SSSR count). The summed E-state index contributed by atoms with van der Waals surface area (Å²) in [4.78, 5) is 24.4. The molecular weight excluding hydrogens is 301 g/mol. The van der Waals surface area contributed by atoms with Crippen molar-refractivity contribution in [2.24, 2.45) is 0 Å². The highest BCUT2D eigenvalue weighted by molar-refractivity contribution is 6.32. The Morgan fingerprint density at radius 1 is 1.43 bits per heavy atom. The van der Waals surface area contributed by atoms with Gasteiger partial charge in [0.2, 0.25) is 0 Å². The highest BCUT2D eigenvalue weighted by Crippen LogP contribution is 2.26. The fraction of sp³-hybridized carbons (Fsp3) is 0.429. The summed E-state index contributed by atoms with van der Waals surface area (Å²) in [7, 11) is 1.38. The van der Waals surface area contributed by atoms with Crippen molar-refractivity contribution >= 4 is 23.5 Å². The first-order valence-corrected chi connectivity index (χ1v) is 6.58. The van der Waals surface area contributed by atoms with Gasteiger partial charge in [-0.15, -0.1) is 0 Å². The number of carbonyl (C=O) groups is 2. The Morgan fingerprint density at radius 3 is 2.48 bits per heavy atom. The number of carbonyl (C=O) groups excluding carboxylic acids is 1. The average Bonchev–Trinajstić information content (AvgIpc) is 2.39. The van der Waals surface area contributed by atoms with Crippen LogP contribution in [-0.4, -0.2) is 40.6 Å². The lowest BCUT2D eigenvalue weighted by Crippen LogP contribution is -2.54. The van der Waals surface area contributed by atoms with Crippen LogP contribution in [0.3, 0.4) is 0 Å². The molecule has 0 aliphatic carbocycles. The Morgan fingerprint density at radius 2 is 2.00 bits per heavy atom. The van der Waals surface area contributed by atoms with Gasteiger partial charge in [0.25, 0.3) is 5.91 Å². The van der Waals surface area contributed by atoms with E-state index in [1.165, 1.54) is 33.9 Å². The van der Waals surface area contributed by atoms with Crippen LogP contribution in [-0.2, 0) is 9.59 Å². The van der Waals surface area contributed by atoms with Crippen LogP contribution in [0.1, 0.15) is 20.8 Å². The third-order valence-electron chi connectivity index (χ3n) is 3.24. The van der Waals surface area contributed by atoms with Gasteiger partial charge in [0.1, 0.15) is 17.1 Å². The first kappa shape index (κ1) is 17.2. The van der Waals surface area contributed by atoms with Gasteiger partial charge in [0, 0.05) is 7.05 Å². The van der Waals surface area contributed by atoms with E-state index in [2.05, 4.69) is 0 Å². The molecule has 1 atom stereocenters. The molecular formula is C14H17ClFNO4. The number of amides is 1. The highest BCUT2D eigenvalue weighted by atomic mass is 35.5. The molecule has 5 nitrogen and oxygen atoms in total. The first-order chi connectivity index (χ1) is 9.57. The molecule has 0 saturated heterocycles.